The molecule has 0 unspecified atom stereocenters. The van der Waals surface area contributed by atoms with Gasteiger partial charge in [0.1, 0.15) is 5.75 Å². The smallest absolute Gasteiger partial charge is 0.335 e. The number of nitrogens with zero attached hydrogens (tertiary/aromatic N) is 1. The summed E-state index contributed by atoms with van der Waals surface area (Å²) in [5.41, 5.74) is 1.79. The molecule has 2 aromatic rings. The van der Waals surface area contributed by atoms with E-state index in [4.69, 9.17) is 14.6 Å². The van der Waals surface area contributed by atoms with E-state index in [-0.39, 0.29) is 5.56 Å². The monoisotopic (exact) mass is 259 g/mol. The second-order valence-corrected chi connectivity index (χ2v) is 3.81. The summed E-state index contributed by atoms with van der Waals surface area (Å²) in [6.45, 7) is 0. The molecule has 0 saturated carbocycles. The van der Waals surface area contributed by atoms with Crippen LogP contribution >= 0.6 is 0 Å². The van der Waals surface area contributed by atoms with Gasteiger partial charge in [-0.2, -0.15) is 0 Å². The van der Waals surface area contributed by atoms with E-state index in [0.717, 1.165) is 11.1 Å². The third-order valence-electron chi connectivity index (χ3n) is 2.70. The van der Waals surface area contributed by atoms with Gasteiger partial charge < -0.3 is 14.6 Å². The molecule has 0 aliphatic rings. The number of hydrogen-bond donors (Lipinski definition) is 1. The van der Waals surface area contributed by atoms with Gasteiger partial charge in [-0.25, -0.2) is 9.78 Å². The number of carbonyl (C=O) groups is 1. The molecule has 98 valence electrons. The van der Waals surface area contributed by atoms with Crippen LogP contribution < -0.4 is 9.47 Å². The van der Waals surface area contributed by atoms with Gasteiger partial charge in [-0.15, -0.1) is 0 Å². The Kier molecular flexibility index (Phi) is 3.66. The van der Waals surface area contributed by atoms with Crippen LogP contribution in [0, 0.1) is 0 Å². The number of benzene rings is 1. The van der Waals surface area contributed by atoms with Crippen LogP contribution in [0.3, 0.4) is 0 Å². The van der Waals surface area contributed by atoms with Gasteiger partial charge in [-0.1, -0.05) is 0 Å². The molecule has 1 aromatic carbocycles. The molecule has 0 aliphatic carbocycles. The van der Waals surface area contributed by atoms with E-state index in [2.05, 4.69) is 4.98 Å². The van der Waals surface area contributed by atoms with E-state index in [9.17, 15) is 4.79 Å². The molecular weight excluding hydrogens is 246 g/mol. The lowest BCUT2D eigenvalue weighted by Gasteiger charge is -2.09. The summed E-state index contributed by atoms with van der Waals surface area (Å²) in [6.07, 6.45) is 1.65. The summed E-state index contributed by atoms with van der Waals surface area (Å²) in [5, 5.41) is 8.95. The summed E-state index contributed by atoms with van der Waals surface area (Å²) in [6, 6.07) is 8.29. The van der Waals surface area contributed by atoms with Crippen molar-refractivity contribution in [3.63, 3.8) is 0 Å². The molecule has 0 radical (unpaired) electrons. The largest absolute Gasteiger partial charge is 0.496 e. The second-order valence-electron chi connectivity index (χ2n) is 3.81. The highest BCUT2D eigenvalue weighted by Gasteiger charge is 2.10. The van der Waals surface area contributed by atoms with E-state index in [1.165, 1.54) is 19.2 Å². The average molecular weight is 259 g/mol. The number of rotatable bonds is 4. The summed E-state index contributed by atoms with van der Waals surface area (Å²) in [5.74, 6) is 0.0226. The van der Waals surface area contributed by atoms with E-state index in [1.54, 1.807) is 25.4 Å². The van der Waals surface area contributed by atoms with Crippen molar-refractivity contribution >= 4 is 5.97 Å². The number of ether oxygens (including phenoxy) is 2. The lowest BCUT2D eigenvalue weighted by atomic mass is 10.0. The Hall–Kier alpha value is -2.56. The van der Waals surface area contributed by atoms with Gasteiger partial charge >= 0.3 is 5.97 Å². The van der Waals surface area contributed by atoms with Crippen molar-refractivity contribution < 1.29 is 19.4 Å². The second kappa shape index (κ2) is 5.39. The summed E-state index contributed by atoms with van der Waals surface area (Å²) in [4.78, 5) is 15.0. The fourth-order valence-corrected chi connectivity index (χ4v) is 1.72. The molecule has 0 fully saturated rings. The molecule has 5 heteroatoms. The van der Waals surface area contributed by atoms with Crippen LogP contribution in [0.2, 0.25) is 0 Å². The topological polar surface area (TPSA) is 68.7 Å². The third-order valence-corrected chi connectivity index (χ3v) is 2.70. The Balaban J connectivity index is 2.45. The number of carboxylic acids is 1. The first kappa shape index (κ1) is 12.9. The number of hydrogen-bond acceptors (Lipinski definition) is 4. The Morgan fingerprint density at radius 2 is 1.95 bits per heavy atom. The van der Waals surface area contributed by atoms with E-state index >= 15 is 0 Å². The van der Waals surface area contributed by atoms with E-state index in [0.29, 0.717) is 11.6 Å². The Morgan fingerprint density at radius 3 is 2.47 bits per heavy atom. The molecular formula is C14H13NO4. The maximum atomic E-state index is 10.9. The van der Waals surface area contributed by atoms with Crippen LogP contribution in [0.5, 0.6) is 11.6 Å². The molecule has 0 aliphatic heterocycles. The van der Waals surface area contributed by atoms with Crippen LogP contribution in [0.15, 0.2) is 36.5 Å². The van der Waals surface area contributed by atoms with Gasteiger partial charge in [0.05, 0.1) is 19.8 Å². The highest BCUT2D eigenvalue weighted by molar-refractivity contribution is 5.89. The number of carboxylic acid groups (broad SMARTS) is 1. The van der Waals surface area contributed by atoms with Crippen LogP contribution in [0.25, 0.3) is 11.1 Å². The van der Waals surface area contributed by atoms with Gasteiger partial charge in [0.15, 0.2) is 0 Å². The average Bonchev–Trinajstić information content (AvgIpc) is 2.46. The van der Waals surface area contributed by atoms with Crippen molar-refractivity contribution in [2.24, 2.45) is 0 Å². The van der Waals surface area contributed by atoms with Crippen molar-refractivity contribution in [1.82, 2.24) is 4.98 Å². The Morgan fingerprint density at radius 1 is 1.16 bits per heavy atom. The zero-order chi connectivity index (χ0) is 13.8. The van der Waals surface area contributed by atoms with Gasteiger partial charge in [0, 0.05) is 23.4 Å². The lowest BCUT2D eigenvalue weighted by Crippen LogP contribution is -1.98. The standard InChI is InChI=1S/C14H13NO4/c1-18-12-7-9(14(16)17)3-5-11(12)10-4-6-13(19-2)15-8-10/h3-8H,1-2H3,(H,16,17). The van der Waals surface area contributed by atoms with Crippen molar-refractivity contribution in [3.8, 4) is 22.8 Å². The summed E-state index contributed by atoms with van der Waals surface area (Å²) in [7, 11) is 3.05. The maximum Gasteiger partial charge on any atom is 0.335 e. The molecule has 0 spiro atoms. The minimum absolute atomic E-state index is 0.182. The molecule has 1 aromatic heterocycles. The SMILES string of the molecule is COc1ccc(-c2ccc(C(=O)O)cc2OC)cn1. The lowest BCUT2D eigenvalue weighted by molar-refractivity contribution is 0.0696. The number of aromatic carboxylic acids is 1. The predicted molar refractivity (Wildman–Crippen MR) is 69.7 cm³/mol. The van der Waals surface area contributed by atoms with Crippen molar-refractivity contribution in [1.29, 1.82) is 0 Å². The van der Waals surface area contributed by atoms with Gasteiger partial charge in [0.25, 0.3) is 0 Å². The number of aromatic nitrogens is 1. The van der Waals surface area contributed by atoms with E-state index in [1.807, 2.05) is 6.07 Å². The Bertz CT molecular complexity index is 593. The zero-order valence-electron chi connectivity index (χ0n) is 10.6. The first-order valence-corrected chi connectivity index (χ1v) is 5.57. The molecule has 2 rings (SSSR count). The van der Waals surface area contributed by atoms with Crippen LogP contribution in [-0.2, 0) is 0 Å². The highest BCUT2D eigenvalue weighted by atomic mass is 16.5. The molecule has 0 bridgehead atoms. The van der Waals surface area contributed by atoms with Crippen LogP contribution in [0.4, 0.5) is 0 Å². The van der Waals surface area contributed by atoms with Gasteiger partial charge in [-0.05, 0) is 24.3 Å². The van der Waals surface area contributed by atoms with Gasteiger partial charge in [-0.3, -0.25) is 0 Å². The molecule has 1 heterocycles. The van der Waals surface area contributed by atoms with Gasteiger partial charge in [0.2, 0.25) is 5.88 Å². The predicted octanol–water partition coefficient (Wildman–Crippen LogP) is 2.46. The summed E-state index contributed by atoms with van der Waals surface area (Å²) < 4.78 is 10.2. The molecule has 0 atom stereocenters. The molecule has 0 amide bonds. The molecule has 5 nitrogen and oxygen atoms in total. The fraction of sp³-hybridized carbons (Fsp3) is 0.143. The Labute approximate surface area is 110 Å². The molecule has 1 N–H and O–H groups in total. The van der Waals surface area contributed by atoms with Crippen molar-refractivity contribution in [2.75, 3.05) is 14.2 Å². The summed E-state index contributed by atoms with van der Waals surface area (Å²) >= 11 is 0. The number of pyridine rings is 1. The molecule has 19 heavy (non-hydrogen) atoms. The van der Waals surface area contributed by atoms with Crippen molar-refractivity contribution in [2.45, 2.75) is 0 Å². The normalized spacial score (nSPS) is 10.0. The maximum absolute atomic E-state index is 10.9. The first-order chi connectivity index (χ1) is 9.15. The molecule has 0 saturated heterocycles. The number of methoxy groups -OCH3 is 2. The minimum atomic E-state index is -0.988. The third kappa shape index (κ3) is 2.65. The quantitative estimate of drug-likeness (QED) is 0.913. The zero-order valence-corrected chi connectivity index (χ0v) is 10.6. The van der Waals surface area contributed by atoms with Crippen molar-refractivity contribution in [3.05, 3.63) is 42.1 Å². The highest BCUT2D eigenvalue weighted by Crippen LogP contribution is 2.31. The van der Waals surface area contributed by atoms with Crippen LogP contribution in [-0.4, -0.2) is 30.3 Å². The van der Waals surface area contributed by atoms with Crippen LogP contribution in [0.1, 0.15) is 10.4 Å². The van der Waals surface area contributed by atoms with E-state index < -0.39 is 5.97 Å². The minimum Gasteiger partial charge on any atom is -0.496 e. The first-order valence-electron chi connectivity index (χ1n) is 5.57. The fourth-order valence-electron chi connectivity index (χ4n) is 1.72.